The molecule has 0 atom stereocenters. The van der Waals surface area contributed by atoms with Gasteiger partial charge in [-0.25, -0.2) is 0 Å². The Balaban J connectivity index is 1.32. The number of furan rings is 1. The van der Waals surface area contributed by atoms with Gasteiger partial charge in [-0.3, -0.25) is 0 Å². The first-order valence-electron chi connectivity index (χ1n) is 15.8. The van der Waals surface area contributed by atoms with Gasteiger partial charge in [0.15, 0.2) is 0 Å². The molecular weight excluding hydrogens is 574 g/mol. The molecule has 218 valence electrons. The largest absolute Gasteiger partial charge is 0.456 e. The topological polar surface area (TPSA) is 46.8 Å². The fourth-order valence-corrected chi connectivity index (χ4v) is 7.60. The van der Waals surface area contributed by atoms with Crippen LogP contribution in [0.4, 0.5) is 0 Å². The molecule has 0 aliphatic heterocycles. The summed E-state index contributed by atoms with van der Waals surface area (Å²) >= 11 is 0. The maximum atomic E-state index is 10.6. The lowest BCUT2D eigenvalue weighted by Crippen LogP contribution is -2.03. The number of hydrogen-bond donors (Lipinski definition) is 0. The minimum atomic E-state index is 0.620. The fraction of sp³-hybridized carbons (Fsp3) is 0. The summed E-state index contributed by atoms with van der Waals surface area (Å²) in [7, 11) is 0. The molecule has 0 N–H and O–H groups in total. The van der Waals surface area contributed by atoms with Crippen molar-refractivity contribution in [2.45, 2.75) is 0 Å². The van der Waals surface area contributed by atoms with Gasteiger partial charge in [0.05, 0.1) is 39.0 Å². The van der Waals surface area contributed by atoms with Gasteiger partial charge in [0.1, 0.15) is 17.2 Å². The molecule has 3 heterocycles. The summed E-state index contributed by atoms with van der Waals surface area (Å²) < 4.78 is 11.0. The Labute approximate surface area is 269 Å². The van der Waals surface area contributed by atoms with Gasteiger partial charge in [-0.05, 0) is 42.5 Å². The third-order valence-electron chi connectivity index (χ3n) is 9.57. The van der Waals surface area contributed by atoms with Crippen LogP contribution in [0.25, 0.3) is 88.1 Å². The van der Waals surface area contributed by atoms with Crippen molar-refractivity contribution >= 4 is 65.6 Å². The maximum Gasteiger partial charge on any atom is 0.137 e. The van der Waals surface area contributed by atoms with Gasteiger partial charge in [0.2, 0.25) is 0 Å². The Hall–Kier alpha value is -6.57. The molecule has 10 aromatic rings. The first-order chi connectivity index (χ1) is 23.3. The molecule has 0 radical (unpaired) electrons. The molecule has 0 saturated heterocycles. The van der Waals surface area contributed by atoms with Crippen LogP contribution in [0.2, 0.25) is 0 Å². The van der Waals surface area contributed by atoms with Crippen molar-refractivity contribution in [2.75, 3.05) is 0 Å². The van der Waals surface area contributed by atoms with Crippen LogP contribution in [0.5, 0.6) is 0 Å². The van der Waals surface area contributed by atoms with Crippen molar-refractivity contribution in [1.29, 1.82) is 5.26 Å². The minimum Gasteiger partial charge on any atom is -0.456 e. The van der Waals surface area contributed by atoms with E-state index >= 15 is 0 Å². The highest BCUT2D eigenvalue weighted by Gasteiger charge is 2.22. The molecule has 4 heteroatoms. The number of para-hydroxylation sites is 6. The number of hydrogen-bond acceptors (Lipinski definition) is 2. The quantitative estimate of drug-likeness (QED) is 0.203. The molecular formula is C43H25N3O. The Morgan fingerprint density at radius 3 is 1.72 bits per heavy atom. The molecule has 0 spiro atoms. The van der Waals surface area contributed by atoms with E-state index in [1.165, 1.54) is 10.8 Å². The maximum absolute atomic E-state index is 10.6. The standard InChI is InChI=1S/C43H25N3O/c44-26-27-12-11-18-33(43(27)46-38-21-8-1-13-28(38)29-14-2-9-22-39(29)46)30-15-3-6-19-36(30)45-37-20-7-4-16-31(37)34-24-35-32-17-5-10-23-41(32)47-42(35)25-40(34)45/h1-25H. The van der Waals surface area contributed by atoms with Crippen LogP contribution in [-0.4, -0.2) is 9.13 Å². The summed E-state index contributed by atoms with van der Waals surface area (Å²) in [5, 5.41) is 17.4. The van der Waals surface area contributed by atoms with Crippen molar-refractivity contribution in [2.24, 2.45) is 0 Å². The Morgan fingerprint density at radius 1 is 0.426 bits per heavy atom. The molecule has 0 bridgehead atoms. The molecule has 0 unspecified atom stereocenters. The van der Waals surface area contributed by atoms with Gasteiger partial charge in [-0.2, -0.15) is 5.26 Å². The second kappa shape index (κ2) is 9.71. The highest BCUT2D eigenvalue weighted by atomic mass is 16.3. The molecule has 10 rings (SSSR count). The number of rotatable bonds is 3. The van der Waals surface area contributed by atoms with E-state index in [9.17, 15) is 5.26 Å². The molecule has 0 fully saturated rings. The normalized spacial score (nSPS) is 11.8. The van der Waals surface area contributed by atoms with Crippen molar-refractivity contribution in [1.82, 2.24) is 9.13 Å². The van der Waals surface area contributed by atoms with Crippen LogP contribution >= 0.6 is 0 Å². The summed E-state index contributed by atoms with van der Waals surface area (Å²) in [5.74, 6) is 0. The Bertz CT molecular complexity index is 2880. The molecule has 0 aliphatic rings. The summed E-state index contributed by atoms with van der Waals surface area (Å²) in [5.41, 5.74) is 10.6. The average Bonchev–Trinajstić information content (AvgIpc) is 3.77. The van der Waals surface area contributed by atoms with E-state index < -0.39 is 0 Å². The van der Waals surface area contributed by atoms with E-state index in [1.807, 2.05) is 24.3 Å². The summed E-state index contributed by atoms with van der Waals surface area (Å²) in [4.78, 5) is 0. The van der Waals surface area contributed by atoms with Crippen LogP contribution in [0.1, 0.15) is 5.56 Å². The van der Waals surface area contributed by atoms with Gasteiger partial charge < -0.3 is 13.6 Å². The Morgan fingerprint density at radius 2 is 1.00 bits per heavy atom. The first-order valence-corrected chi connectivity index (χ1v) is 15.8. The monoisotopic (exact) mass is 599 g/mol. The molecule has 47 heavy (non-hydrogen) atoms. The summed E-state index contributed by atoms with van der Waals surface area (Å²) in [6.07, 6.45) is 0. The van der Waals surface area contributed by atoms with E-state index in [2.05, 4.69) is 143 Å². The van der Waals surface area contributed by atoms with Gasteiger partial charge in [0, 0.05) is 49.5 Å². The van der Waals surface area contributed by atoms with Crippen LogP contribution in [0.3, 0.4) is 0 Å². The lowest BCUT2D eigenvalue weighted by molar-refractivity contribution is 0.669. The first kappa shape index (κ1) is 25.7. The number of fused-ring (bicyclic) bond motifs is 9. The number of nitrogens with zero attached hydrogens (tertiary/aromatic N) is 3. The van der Waals surface area contributed by atoms with Crippen molar-refractivity contribution in [3.8, 4) is 28.6 Å². The summed E-state index contributed by atoms with van der Waals surface area (Å²) in [6, 6.07) is 55.3. The third-order valence-corrected chi connectivity index (χ3v) is 9.57. The minimum absolute atomic E-state index is 0.620. The van der Waals surface area contributed by atoms with Gasteiger partial charge in [-0.1, -0.05) is 103 Å². The molecule has 0 aliphatic carbocycles. The smallest absolute Gasteiger partial charge is 0.137 e. The lowest BCUT2D eigenvalue weighted by Gasteiger charge is -2.19. The zero-order valence-corrected chi connectivity index (χ0v) is 25.2. The SMILES string of the molecule is N#Cc1cccc(-c2ccccc2-n2c3ccccc3c3cc4c(cc32)oc2ccccc24)c1-n1c2ccccc2c2ccccc21. The van der Waals surface area contributed by atoms with Crippen LogP contribution in [0.15, 0.2) is 156 Å². The zero-order chi connectivity index (χ0) is 31.1. The van der Waals surface area contributed by atoms with E-state index in [1.54, 1.807) is 0 Å². The molecule has 0 saturated carbocycles. The second-order valence-corrected chi connectivity index (χ2v) is 12.0. The van der Waals surface area contributed by atoms with E-state index in [4.69, 9.17) is 4.42 Å². The predicted molar refractivity (Wildman–Crippen MR) is 193 cm³/mol. The van der Waals surface area contributed by atoms with Crippen LogP contribution in [0, 0.1) is 11.3 Å². The molecule has 4 nitrogen and oxygen atoms in total. The van der Waals surface area contributed by atoms with Crippen LogP contribution < -0.4 is 0 Å². The van der Waals surface area contributed by atoms with E-state index in [0.717, 1.165) is 77.3 Å². The average molecular weight is 600 g/mol. The Kier molecular flexibility index (Phi) is 5.32. The summed E-state index contributed by atoms with van der Waals surface area (Å²) in [6.45, 7) is 0. The van der Waals surface area contributed by atoms with Gasteiger partial charge in [0.25, 0.3) is 0 Å². The second-order valence-electron chi connectivity index (χ2n) is 12.0. The fourth-order valence-electron chi connectivity index (χ4n) is 7.60. The number of aromatic nitrogens is 2. The third kappa shape index (κ3) is 3.57. The van der Waals surface area contributed by atoms with Gasteiger partial charge >= 0.3 is 0 Å². The number of benzene rings is 7. The predicted octanol–water partition coefficient (Wildman–Crippen LogP) is 11.3. The number of nitriles is 1. The molecule has 3 aromatic heterocycles. The zero-order valence-electron chi connectivity index (χ0n) is 25.2. The van der Waals surface area contributed by atoms with Crippen molar-refractivity contribution in [3.63, 3.8) is 0 Å². The highest BCUT2D eigenvalue weighted by Crippen LogP contribution is 2.43. The van der Waals surface area contributed by atoms with Crippen molar-refractivity contribution in [3.05, 3.63) is 157 Å². The van der Waals surface area contributed by atoms with E-state index in [-0.39, 0.29) is 0 Å². The van der Waals surface area contributed by atoms with E-state index in [0.29, 0.717) is 5.56 Å². The van der Waals surface area contributed by atoms with Crippen molar-refractivity contribution < 1.29 is 4.42 Å². The molecule has 7 aromatic carbocycles. The van der Waals surface area contributed by atoms with Gasteiger partial charge in [-0.15, -0.1) is 0 Å². The lowest BCUT2D eigenvalue weighted by atomic mass is 9.98. The van der Waals surface area contributed by atoms with Crippen LogP contribution in [-0.2, 0) is 0 Å². The highest BCUT2D eigenvalue weighted by molar-refractivity contribution is 6.17. The molecule has 0 amide bonds.